The van der Waals surface area contributed by atoms with Gasteiger partial charge in [-0.1, -0.05) is 35.2 Å². The van der Waals surface area contributed by atoms with Crippen molar-refractivity contribution < 1.29 is 18.8 Å². The number of carbonyl (C=O) groups excluding carboxylic acids is 1. The van der Waals surface area contributed by atoms with Crippen molar-refractivity contribution in [2.45, 2.75) is 10.1 Å². The highest BCUT2D eigenvalue weighted by Crippen LogP contribution is 2.29. The van der Waals surface area contributed by atoms with Gasteiger partial charge in [0.2, 0.25) is 5.13 Å². The number of aromatic nitrogens is 2. The number of anilines is 2. The predicted molar refractivity (Wildman–Crippen MR) is 117 cm³/mol. The minimum absolute atomic E-state index is 0.112. The fraction of sp³-hybridized carbons (Fsp3) is 0.211. The van der Waals surface area contributed by atoms with E-state index in [1.165, 1.54) is 53.4 Å². The molecule has 0 bridgehead atoms. The van der Waals surface area contributed by atoms with Crippen LogP contribution in [0, 0.1) is 15.9 Å². The molecule has 0 aliphatic carbocycles. The fourth-order valence-electron chi connectivity index (χ4n) is 2.48. The van der Waals surface area contributed by atoms with Crippen LogP contribution in [0.2, 0.25) is 0 Å². The van der Waals surface area contributed by atoms with Gasteiger partial charge in [-0.25, -0.2) is 4.39 Å². The predicted octanol–water partition coefficient (Wildman–Crippen LogP) is 4.19. The maximum Gasteiger partial charge on any atom is 0.270 e. The second-order valence-electron chi connectivity index (χ2n) is 6.15. The van der Waals surface area contributed by atoms with Gasteiger partial charge in [0, 0.05) is 37.2 Å². The number of rotatable bonds is 10. The summed E-state index contributed by atoms with van der Waals surface area (Å²) in [5.74, 6) is -0.275. The molecule has 9 nitrogen and oxygen atoms in total. The van der Waals surface area contributed by atoms with Crippen LogP contribution < -0.4 is 10.6 Å². The number of nitrogens with zero attached hydrogens (tertiary/aromatic N) is 3. The number of nitro groups is 1. The highest BCUT2D eigenvalue weighted by Gasteiger charge is 2.18. The number of nitrogens with one attached hydrogen (secondary N) is 2. The number of hydrogen-bond acceptors (Lipinski definition) is 9. The number of carbonyl (C=O) groups is 1. The Labute approximate surface area is 185 Å². The van der Waals surface area contributed by atoms with E-state index in [4.69, 9.17) is 4.74 Å². The molecule has 31 heavy (non-hydrogen) atoms. The molecule has 0 aliphatic rings. The Kier molecular flexibility index (Phi) is 7.87. The molecule has 2 aromatic carbocycles. The summed E-state index contributed by atoms with van der Waals surface area (Å²) in [6.07, 6.45) is 0. The van der Waals surface area contributed by atoms with Gasteiger partial charge < -0.3 is 10.1 Å². The van der Waals surface area contributed by atoms with E-state index in [0.717, 1.165) is 5.56 Å². The first-order valence-corrected chi connectivity index (χ1v) is 10.8. The topological polar surface area (TPSA) is 119 Å². The number of hydrogen-bond donors (Lipinski definition) is 2. The molecule has 12 heteroatoms. The second-order valence-corrected chi connectivity index (χ2v) is 8.35. The van der Waals surface area contributed by atoms with Crippen LogP contribution in [0.1, 0.15) is 15.9 Å². The summed E-state index contributed by atoms with van der Waals surface area (Å²) in [5.41, 5.74) is 1.28. The van der Waals surface area contributed by atoms with Crippen LogP contribution in [0.15, 0.2) is 46.8 Å². The van der Waals surface area contributed by atoms with E-state index in [0.29, 0.717) is 28.9 Å². The quantitative estimate of drug-likeness (QED) is 0.151. The van der Waals surface area contributed by atoms with Gasteiger partial charge in [-0.05, 0) is 23.8 Å². The van der Waals surface area contributed by atoms with E-state index in [9.17, 15) is 19.3 Å². The van der Waals surface area contributed by atoms with Crippen molar-refractivity contribution >= 4 is 45.5 Å². The molecule has 1 heterocycles. The molecular weight excluding hydrogens is 445 g/mol. The smallest absolute Gasteiger partial charge is 0.270 e. The number of non-ortho nitro benzene ring substituents is 1. The number of benzene rings is 2. The van der Waals surface area contributed by atoms with Crippen LogP contribution in [0.3, 0.4) is 0 Å². The van der Waals surface area contributed by atoms with Crippen molar-refractivity contribution in [2.75, 3.05) is 30.9 Å². The number of ether oxygens (including phenoxy) is 1. The van der Waals surface area contributed by atoms with Gasteiger partial charge in [-0.2, -0.15) is 0 Å². The first-order valence-electron chi connectivity index (χ1n) is 8.99. The molecular formula is C19H18FN5O4S2. The molecule has 2 N–H and O–H groups in total. The van der Waals surface area contributed by atoms with Gasteiger partial charge in [0.1, 0.15) is 5.82 Å². The molecule has 3 aromatic rings. The van der Waals surface area contributed by atoms with Gasteiger partial charge in [-0.15, -0.1) is 10.2 Å². The molecule has 162 valence electrons. The van der Waals surface area contributed by atoms with E-state index in [-0.39, 0.29) is 22.2 Å². The van der Waals surface area contributed by atoms with Crippen molar-refractivity contribution in [2.24, 2.45) is 0 Å². The molecule has 0 radical (unpaired) electrons. The van der Waals surface area contributed by atoms with E-state index < -0.39 is 10.8 Å². The van der Waals surface area contributed by atoms with Crippen LogP contribution in [0.25, 0.3) is 0 Å². The number of nitro benzene ring substituents is 1. The maximum atomic E-state index is 13.0. The van der Waals surface area contributed by atoms with E-state index >= 15 is 0 Å². The largest absolute Gasteiger partial charge is 0.383 e. The second kappa shape index (κ2) is 10.8. The molecule has 0 saturated heterocycles. The first kappa shape index (κ1) is 22.6. The van der Waals surface area contributed by atoms with E-state index in [1.54, 1.807) is 19.2 Å². The minimum atomic E-state index is -0.565. The number of amides is 1. The number of methoxy groups -OCH3 is 1. The lowest BCUT2D eigenvalue weighted by Crippen LogP contribution is -2.16. The van der Waals surface area contributed by atoms with Crippen molar-refractivity contribution in [3.8, 4) is 0 Å². The zero-order valence-corrected chi connectivity index (χ0v) is 18.0. The Morgan fingerprint density at radius 3 is 2.74 bits per heavy atom. The lowest BCUT2D eigenvalue weighted by atomic mass is 10.1. The van der Waals surface area contributed by atoms with Gasteiger partial charge in [0.05, 0.1) is 17.1 Å². The van der Waals surface area contributed by atoms with E-state index in [1.807, 2.05) is 0 Å². The third kappa shape index (κ3) is 6.44. The van der Waals surface area contributed by atoms with Crippen LogP contribution in [0.5, 0.6) is 0 Å². The van der Waals surface area contributed by atoms with Crippen LogP contribution >= 0.6 is 23.1 Å². The number of halogens is 1. The molecule has 1 amide bonds. The summed E-state index contributed by atoms with van der Waals surface area (Å²) in [4.78, 5) is 23.3. The third-order valence-corrected chi connectivity index (χ3v) is 6.03. The maximum absolute atomic E-state index is 13.0. The monoisotopic (exact) mass is 463 g/mol. The van der Waals surface area contributed by atoms with Crippen molar-refractivity contribution in [3.05, 3.63) is 69.5 Å². The molecule has 0 aliphatic heterocycles. The van der Waals surface area contributed by atoms with Crippen molar-refractivity contribution in [1.29, 1.82) is 0 Å². The summed E-state index contributed by atoms with van der Waals surface area (Å²) in [6, 6.07) is 10.2. The average Bonchev–Trinajstić information content (AvgIpc) is 3.20. The minimum Gasteiger partial charge on any atom is -0.383 e. The average molecular weight is 464 g/mol. The molecule has 0 unspecified atom stereocenters. The van der Waals surface area contributed by atoms with Gasteiger partial charge >= 0.3 is 0 Å². The summed E-state index contributed by atoms with van der Waals surface area (Å²) in [7, 11) is 1.55. The lowest BCUT2D eigenvalue weighted by Gasteiger charge is -2.11. The Balaban J connectivity index is 1.68. The van der Waals surface area contributed by atoms with Gasteiger partial charge in [-0.3, -0.25) is 20.2 Å². The third-order valence-electron chi connectivity index (χ3n) is 3.98. The molecule has 1 aromatic heterocycles. The normalized spacial score (nSPS) is 10.6. The molecule has 0 spiro atoms. The Hall–Kier alpha value is -3.09. The van der Waals surface area contributed by atoms with Crippen molar-refractivity contribution in [1.82, 2.24) is 10.2 Å². The Morgan fingerprint density at radius 2 is 2.03 bits per heavy atom. The highest BCUT2D eigenvalue weighted by atomic mass is 32.2. The van der Waals surface area contributed by atoms with Crippen molar-refractivity contribution in [3.63, 3.8) is 0 Å². The Morgan fingerprint density at radius 1 is 1.26 bits per heavy atom. The summed E-state index contributed by atoms with van der Waals surface area (Å²) < 4.78 is 18.6. The summed E-state index contributed by atoms with van der Waals surface area (Å²) in [6.45, 7) is 0.834. The summed E-state index contributed by atoms with van der Waals surface area (Å²) in [5, 5.41) is 25.0. The number of thioether (sulfide) groups is 1. The fourth-order valence-corrected chi connectivity index (χ4v) is 4.19. The van der Waals surface area contributed by atoms with Gasteiger partial charge in [0.25, 0.3) is 11.6 Å². The van der Waals surface area contributed by atoms with Crippen LogP contribution in [-0.4, -0.2) is 41.3 Å². The molecule has 0 fully saturated rings. The summed E-state index contributed by atoms with van der Waals surface area (Å²) >= 11 is 2.58. The zero-order chi connectivity index (χ0) is 22.2. The zero-order valence-electron chi connectivity index (χ0n) is 16.3. The van der Waals surface area contributed by atoms with Crippen LogP contribution in [-0.2, 0) is 10.5 Å². The first-order chi connectivity index (χ1) is 15.0. The lowest BCUT2D eigenvalue weighted by molar-refractivity contribution is -0.384. The van der Waals surface area contributed by atoms with Gasteiger partial charge in [0.15, 0.2) is 4.34 Å². The molecule has 0 saturated carbocycles. The highest BCUT2D eigenvalue weighted by molar-refractivity contribution is 8.00. The molecule has 3 rings (SSSR count). The van der Waals surface area contributed by atoms with Crippen LogP contribution in [0.4, 0.5) is 20.9 Å². The molecule has 0 atom stereocenters. The standard InChI is InChI=1S/C19H18FN5O4S2/c1-29-9-8-21-16-7-6-14(25(27)28)10-15(16)17(26)22-18-23-24-19(31-18)30-11-12-2-4-13(20)5-3-12/h2-7,10,21H,8-9,11H2,1H3,(H,22,23,26). The SMILES string of the molecule is COCCNc1ccc([N+](=O)[O-])cc1C(=O)Nc1nnc(SCc2ccc(F)cc2)s1. The van der Waals surface area contributed by atoms with E-state index in [2.05, 4.69) is 20.8 Å². The Bertz CT molecular complexity index is 1060.